The van der Waals surface area contributed by atoms with Crippen molar-refractivity contribution < 1.29 is 0 Å². The molecule has 0 radical (unpaired) electrons. The first-order chi connectivity index (χ1) is 24.7. The van der Waals surface area contributed by atoms with Crippen LogP contribution in [0.15, 0.2) is 140 Å². The van der Waals surface area contributed by atoms with Gasteiger partial charge in [0, 0.05) is 40.1 Å². The van der Waals surface area contributed by atoms with E-state index in [-0.39, 0.29) is 5.41 Å². The monoisotopic (exact) mass is 643 g/mol. The Hall–Kier alpha value is -6.25. The number of nitriles is 1. The molecule has 5 aromatic carbocycles. The van der Waals surface area contributed by atoms with Crippen LogP contribution in [0.5, 0.6) is 0 Å². The number of pyridine rings is 1. The lowest BCUT2D eigenvalue weighted by Crippen LogP contribution is -2.28. The van der Waals surface area contributed by atoms with Gasteiger partial charge in [-0.3, -0.25) is 4.98 Å². The zero-order chi connectivity index (χ0) is 33.5. The summed E-state index contributed by atoms with van der Waals surface area (Å²) in [5.41, 5.74) is 13.0. The van der Waals surface area contributed by atoms with Crippen molar-refractivity contribution in [2.75, 3.05) is 0 Å². The van der Waals surface area contributed by atoms with E-state index in [0.29, 0.717) is 17.5 Å². The molecule has 2 aliphatic carbocycles. The van der Waals surface area contributed by atoms with Crippen molar-refractivity contribution in [3.8, 4) is 73.6 Å². The molecule has 2 aromatic heterocycles. The third-order valence-corrected chi connectivity index (χ3v) is 10.5. The Labute approximate surface area is 292 Å². The first kappa shape index (κ1) is 29.9. The summed E-state index contributed by atoms with van der Waals surface area (Å²) in [7, 11) is 0. The lowest BCUT2D eigenvalue weighted by atomic mass is 9.67. The van der Waals surface area contributed by atoms with Gasteiger partial charge >= 0.3 is 0 Å². The Kier molecular flexibility index (Phi) is 7.36. The van der Waals surface area contributed by atoms with Crippen LogP contribution in [0.3, 0.4) is 0 Å². The lowest BCUT2D eigenvalue weighted by molar-refractivity contribution is 0.353. The van der Waals surface area contributed by atoms with Gasteiger partial charge in [0.05, 0.1) is 11.6 Å². The van der Waals surface area contributed by atoms with Gasteiger partial charge in [-0.05, 0) is 76.1 Å². The smallest absolute Gasteiger partial charge is 0.164 e. The number of aromatic nitrogens is 4. The molecule has 1 saturated carbocycles. The summed E-state index contributed by atoms with van der Waals surface area (Å²) in [5.74, 6) is 1.89. The Morgan fingerprint density at radius 3 is 1.86 bits per heavy atom. The van der Waals surface area contributed by atoms with Crippen molar-refractivity contribution in [2.24, 2.45) is 0 Å². The van der Waals surface area contributed by atoms with Crippen LogP contribution in [0.25, 0.3) is 67.5 Å². The molecule has 5 nitrogen and oxygen atoms in total. The first-order valence-electron chi connectivity index (χ1n) is 17.3. The van der Waals surface area contributed by atoms with Crippen LogP contribution >= 0.6 is 0 Å². The first-order valence-corrected chi connectivity index (χ1v) is 17.3. The second-order valence-electron chi connectivity index (χ2n) is 13.3. The molecule has 1 fully saturated rings. The summed E-state index contributed by atoms with van der Waals surface area (Å²) in [6.45, 7) is 0. The van der Waals surface area contributed by atoms with Crippen molar-refractivity contribution in [3.05, 3.63) is 156 Å². The maximum Gasteiger partial charge on any atom is 0.164 e. The zero-order valence-corrected chi connectivity index (χ0v) is 27.6. The van der Waals surface area contributed by atoms with Crippen LogP contribution in [0.2, 0.25) is 0 Å². The maximum absolute atomic E-state index is 10.1. The highest BCUT2D eigenvalue weighted by Gasteiger charge is 2.44. The Bertz CT molecular complexity index is 2400. The number of fused-ring (bicyclic) bond motifs is 5. The van der Waals surface area contributed by atoms with Crippen molar-refractivity contribution >= 4 is 0 Å². The molecule has 9 rings (SSSR count). The molecule has 0 atom stereocenters. The zero-order valence-electron chi connectivity index (χ0n) is 27.6. The summed E-state index contributed by atoms with van der Waals surface area (Å²) >= 11 is 0. The number of hydrogen-bond donors (Lipinski definition) is 0. The van der Waals surface area contributed by atoms with Gasteiger partial charge in [0.15, 0.2) is 17.5 Å². The molecule has 0 unspecified atom stereocenters. The Morgan fingerprint density at radius 1 is 0.500 bits per heavy atom. The molecule has 0 saturated heterocycles. The molecule has 50 heavy (non-hydrogen) atoms. The highest BCUT2D eigenvalue weighted by molar-refractivity contribution is 5.87. The van der Waals surface area contributed by atoms with E-state index in [1.165, 1.54) is 36.0 Å². The SMILES string of the molecule is N#Cc1cccc2c1-c1ccc(-c3cccc(-c4nc(-c5ccccc5)nc(-c5ccc(-c6cccnc6)cc5)n4)c3)cc1C21CCCCC1. The number of rotatable bonds is 5. The average molecular weight is 644 g/mol. The van der Waals surface area contributed by atoms with E-state index in [0.717, 1.165) is 62.9 Å². The van der Waals surface area contributed by atoms with Gasteiger partial charge in [0.25, 0.3) is 0 Å². The average Bonchev–Trinajstić information content (AvgIpc) is 3.46. The van der Waals surface area contributed by atoms with Crippen LogP contribution in [-0.4, -0.2) is 19.9 Å². The second-order valence-corrected chi connectivity index (χ2v) is 13.3. The quantitative estimate of drug-likeness (QED) is 0.187. The van der Waals surface area contributed by atoms with Crippen LogP contribution in [0.4, 0.5) is 0 Å². The fourth-order valence-corrected chi connectivity index (χ4v) is 8.04. The number of nitrogens with zero attached hydrogens (tertiary/aromatic N) is 5. The van der Waals surface area contributed by atoms with Gasteiger partial charge in [-0.1, -0.05) is 122 Å². The largest absolute Gasteiger partial charge is 0.264 e. The summed E-state index contributed by atoms with van der Waals surface area (Å²) in [5, 5.41) is 10.1. The number of benzene rings is 5. The number of hydrogen-bond acceptors (Lipinski definition) is 5. The summed E-state index contributed by atoms with van der Waals surface area (Å²) in [4.78, 5) is 19.3. The third kappa shape index (κ3) is 5.09. The Balaban J connectivity index is 1.14. The van der Waals surface area contributed by atoms with Crippen molar-refractivity contribution in [2.45, 2.75) is 37.5 Å². The molecule has 2 aliphatic rings. The van der Waals surface area contributed by atoms with E-state index >= 15 is 0 Å². The van der Waals surface area contributed by atoms with E-state index in [4.69, 9.17) is 15.0 Å². The van der Waals surface area contributed by atoms with Crippen molar-refractivity contribution in [1.29, 1.82) is 5.26 Å². The molecule has 7 aromatic rings. The van der Waals surface area contributed by atoms with E-state index < -0.39 is 0 Å². The molecule has 0 N–H and O–H groups in total. The fraction of sp³-hybridized carbons (Fsp3) is 0.133. The predicted molar refractivity (Wildman–Crippen MR) is 199 cm³/mol. The van der Waals surface area contributed by atoms with Crippen molar-refractivity contribution in [1.82, 2.24) is 19.9 Å². The minimum atomic E-state index is -0.0380. The molecule has 2 heterocycles. The lowest BCUT2D eigenvalue weighted by Gasteiger charge is -2.36. The van der Waals surface area contributed by atoms with E-state index in [1.54, 1.807) is 6.20 Å². The standard InChI is InChI=1S/C45H33N5/c46-28-36-14-8-16-39-41(36)38-22-21-34(27-40(38)45(39)23-5-2-6-24-45)33-12-7-13-35(26-33)44-49-42(31-10-3-1-4-11-31)48-43(50-44)32-19-17-30(18-20-32)37-15-9-25-47-29-37/h1,3-4,7-22,25-27,29H,2,5-6,23-24H2. The molecule has 5 heteroatoms. The van der Waals surface area contributed by atoms with Gasteiger partial charge < -0.3 is 0 Å². The molecule has 0 bridgehead atoms. The van der Waals surface area contributed by atoms with Gasteiger partial charge in [0.1, 0.15) is 0 Å². The van der Waals surface area contributed by atoms with Gasteiger partial charge in [-0.15, -0.1) is 0 Å². The van der Waals surface area contributed by atoms with E-state index in [1.807, 2.05) is 48.7 Å². The highest BCUT2D eigenvalue weighted by atomic mass is 15.0. The molecule has 238 valence electrons. The summed E-state index contributed by atoms with van der Waals surface area (Å²) in [6, 6.07) is 46.5. The van der Waals surface area contributed by atoms with Gasteiger partial charge in [-0.25, -0.2) is 15.0 Å². The topological polar surface area (TPSA) is 75.3 Å². The van der Waals surface area contributed by atoms with E-state index in [2.05, 4.69) is 96.0 Å². The predicted octanol–water partition coefficient (Wildman–Crippen LogP) is 10.7. The van der Waals surface area contributed by atoms with Crippen LogP contribution in [-0.2, 0) is 5.41 Å². The van der Waals surface area contributed by atoms with E-state index in [9.17, 15) is 5.26 Å². The summed E-state index contributed by atoms with van der Waals surface area (Å²) < 4.78 is 0. The fourth-order valence-electron chi connectivity index (χ4n) is 8.04. The van der Waals surface area contributed by atoms with Crippen LogP contribution in [0.1, 0.15) is 48.8 Å². The minimum absolute atomic E-state index is 0.0380. The molecule has 0 amide bonds. The second kappa shape index (κ2) is 12.3. The summed E-state index contributed by atoms with van der Waals surface area (Å²) in [6.07, 6.45) is 9.55. The van der Waals surface area contributed by atoms with Gasteiger partial charge in [0.2, 0.25) is 0 Å². The minimum Gasteiger partial charge on any atom is -0.264 e. The van der Waals surface area contributed by atoms with Crippen molar-refractivity contribution in [3.63, 3.8) is 0 Å². The van der Waals surface area contributed by atoms with Gasteiger partial charge in [-0.2, -0.15) is 5.26 Å². The van der Waals surface area contributed by atoms with Crippen LogP contribution < -0.4 is 0 Å². The molecule has 1 spiro atoms. The maximum atomic E-state index is 10.1. The highest BCUT2D eigenvalue weighted by Crippen LogP contribution is 2.57. The molecular weight excluding hydrogens is 611 g/mol. The third-order valence-electron chi connectivity index (χ3n) is 10.5. The molecule has 0 aliphatic heterocycles. The normalized spacial score (nSPS) is 14.1. The molecular formula is C45H33N5. The Morgan fingerprint density at radius 2 is 1.12 bits per heavy atom. The van der Waals surface area contributed by atoms with Crippen LogP contribution in [0, 0.1) is 11.3 Å².